The number of benzene rings is 1. The Bertz CT molecular complexity index is 2480. The van der Waals surface area contributed by atoms with Gasteiger partial charge in [-0.05, 0) is 63.9 Å². The number of nitrogens with zero attached hydrogens (tertiary/aromatic N) is 6. The van der Waals surface area contributed by atoms with Crippen molar-refractivity contribution in [1.82, 2.24) is 29.3 Å². The lowest BCUT2D eigenvalue weighted by Gasteiger charge is -2.42. The van der Waals surface area contributed by atoms with Gasteiger partial charge in [0.1, 0.15) is 28.9 Å². The molecule has 2 saturated heterocycles. The van der Waals surface area contributed by atoms with Crippen LogP contribution in [-0.2, 0) is 29.0 Å². The molecule has 0 bridgehead atoms. The summed E-state index contributed by atoms with van der Waals surface area (Å²) in [5.41, 5.74) is -2.03. The van der Waals surface area contributed by atoms with Gasteiger partial charge in [0.05, 0.1) is 36.5 Å². The Morgan fingerprint density at radius 3 is 2.40 bits per heavy atom. The second-order valence-corrected chi connectivity index (χ2v) is 25.0. The van der Waals surface area contributed by atoms with E-state index in [1.807, 2.05) is 46.4 Å². The molecule has 2 fully saturated rings. The molecule has 344 valence electrons. The normalized spacial score (nSPS) is 17.8. The SMILES string of the molecule is CC1CN(CC2COC2)CCN1c1cc(NC(=O)Cn2cc(-c3cc(C(=O)NC(C)(C)CC(C)(C)C)c(OCCS(C)(C)C)c(F)c3F)c3c(=O)n4c(nc32)CCC4)c(Cl)c(F)n1. The molecule has 3 aliphatic heterocycles. The summed E-state index contributed by atoms with van der Waals surface area (Å²) in [6, 6.07) is 2.73. The molecule has 1 unspecified atom stereocenters. The number of amides is 2. The molecule has 0 saturated carbocycles. The van der Waals surface area contributed by atoms with Crippen molar-refractivity contribution < 1.29 is 32.2 Å². The molecule has 4 aromatic rings. The lowest BCUT2D eigenvalue weighted by molar-refractivity contribution is -0.116. The molecule has 3 aliphatic rings. The first kappa shape index (κ1) is 46.7. The third-order valence-electron chi connectivity index (χ3n) is 11.6. The Morgan fingerprint density at radius 2 is 1.75 bits per heavy atom. The first-order chi connectivity index (χ1) is 29.5. The van der Waals surface area contributed by atoms with Crippen LogP contribution in [0.3, 0.4) is 0 Å². The van der Waals surface area contributed by atoms with E-state index in [-0.39, 0.29) is 56.5 Å². The highest BCUT2D eigenvalue weighted by Crippen LogP contribution is 2.39. The third-order valence-corrected chi connectivity index (χ3v) is 13.4. The van der Waals surface area contributed by atoms with Gasteiger partial charge in [-0.25, -0.2) is 24.4 Å². The molecule has 1 aromatic carbocycles. The van der Waals surface area contributed by atoms with Crippen LogP contribution in [0.15, 0.2) is 23.1 Å². The Labute approximate surface area is 373 Å². The maximum absolute atomic E-state index is 16.6. The van der Waals surface area contributed by atoms with Crippen LogP contribution in [0.25, 0.3) is 22.2 Å². The fourth-order valence-electron chi connectivity index (χ4n) is 9.07. The van der Waals surface area contributed by atoms with Crippen LogP contribution in [0.2, 0.25) is 5.02 Å². The zero-order valence-electron chi connectivity index (χ0n) is 37.7. The lowest BCUT2D eigenvalue weighted by atomic mass is 9.81. The molecule has 63 heavy (non-hydrogen) atoms. The number of ether oxygens (including phenoxy) is 2. The van der Waals surface area contributed by atoms with E-state index in [2.05, 4.69) is 39.3 Å². The van der Waals surface area contributed by atoms with Crippen molar-refractivity contribution in [3.8, 4) is 16.9 Å². The Kier molecular flexibility index (Phi) is 13.3. The van der Waals surface area contributed by atoms with Crippen molar-refractivity contribution in [3.05, 3.63) is 62.7 Å². The number of hydrogen-bond acceptors (Lipinski definition) is 9. The summed E-state index contributed by atoms with van der Waals surface area (Å²) in [6.45, 7) is 16.3. The minimum absolute atomic E-state index is 0.00202. The highest BCUT2D eigenvalue weighted by Gasteiger charge is 2.34. The van der Waals surface area contributed by atoms with E-state index in [0.29, 0.717) is 55.7 Å². The van der Waals surface area contributed by atoms with Gasteiger partial charge in [-0.1, -0.05) is 32.4 Å². The average molecular weight is 918 g/mol. The molecular formula is C45H60ClF3N8O5S. The number of fused-ring (bicyclic) bond motifs is 2. The summed E-state index contributed by atoms with van der Waals surface area (Å²) in [6.07, 6.45) is 9.26. The van der Waals surface area contributed by atoms with E-state index in [9.17, 15) is 14.4 Å². The predicted octanol–water partition coefficient (Wildman–Crippen LogP) is 7.09. The van der Waals surface area contributed by atoms with Crippen LogP contribution in [0, 0.1) is 28.9 Å². The van der Waals surface area contributed by atoms with Crippen LogP contribution in [0.5, 0.6) is 5.75 Å². The minimum atomic E-state index is -1.38. The average Bonchev–Trinajstić information content (AvgIpc) is 3.77. The Hall–Kier alpha value is -4.32. The van der Waals surface area contributed by atoms with Gasteiger partial charge in [0.15, 0.2) is 11.6 Å². The number of carbonyl (C=O) groups is 2. The van der Waals surface area contributed by atoms with Crippen molar-refractivity contribution in [2.45, 2.75) is 85.5 Å². The maximum atomic E-state index is 16.6. The number of aryl methyl sites for hydroxylation is 1. The molecule has 1 atom stereocenters. The molecule has 0 radical (unpaired) electrons. The molecule has 2 amide bonds. The zero-order valence-corrected chi connectivity index (χ0v) is 39.3. The fourth-order valence-corrected chi connectivity index (χ4v) is 9.80. The number of carbonyl (C=O) groups excluding carboxylic acids is 2. The van der Waals surface area contributed by atoms with Gasteiger partial charge >= 0.3 is 0 Å². The third kappa shape index (κ3) is 10.5. The van der Waals surface area contributed by atoms with Crippen LogP contribution in [-0.4, -0.2) is 118 Å². The van der Waals surface area contributed by atoms with Gasteiger partial charge in [-0.3, -0.25) is 23.9 Å². The van der Waals surface area contributed by atoms with Gasteiger partial charge < -0.3 is 29.6 Å². The van der Waals surface area contributed by atoms with Gasteiger partial charge in [0.2, 0.25) is 17.7 Å². The monoisotopic (exact) mass is 916 g/mol. The summed E-state index contributed by atoms with van der Waals surface area (Å²) < 4.78 is 62.6. The molecule has 7 rings (SSSR count). The molecule has 3 aromatic heterocycles. The van der Waals surface area contributed by atoms with Gasteiger partial charge in [0, 0.05) is 85.8 Å². The molecule has 2 N–H and O–H groups in total. The highest BCUT2D eigenvalue weighted by molar-refractivity contribution is 8.32. The van der Waals surface area contributed by atoms with E-state index in [4.69, 9.17) is 26.1 Å². The number of nitrogens with one attached hydrogen (secondary N) is 2. The predicted molar refractivity (Wildman–Crippen MR) is 244 cm³/mol. The van der Waals surface area contributed by atoms with Crippen molar-refractivity contribution >= 4 is 56.0 Å². The van der Waals surface area contributed by atoms with E-state index < -0.39 is 62.8 Å². The Morgan fingerprint density at radius 1 is 1.02 bits per heavy atom. The number of halogens is 4. The minimum Gasteiger partial charge on any atom is -0.489 e. The van der Waals surface area contributed by atoms with Crippen molar-refractivity contribution in [1.29, 1.82) is 0 Å². The van der Waals surface area contributed by atoms with E-state index >= 15 is 13.2 Å². The number of piperazine rings is 1. The lowest BCUT2D eigenvalue weighted by Crippen LogP contribution is -2.54. The smallest absolute Gasteiger partial charge is 0.263 e. The number of anilines is 2. The molecule has 6 heterocycles. The summed E-state index contributed by atoms with van der Waals surface area (Å²) >= 11 is 6.39. The van der Waals surface area contributed by atoms with Gasteiger partial charge in [-0.15, -0.1) is 0 Å². The second-order valence-electron chi connectivity index (χ2n) is 20.0. The number of aromatic nitrogens is 4. The summed E-state index contributed by atoms with van der Waals surface area (Å²) in [4.78, 5) is 55.6. The van der Waals surface area contributed by atoms with Crippen molar-refractivity contribution in [2.24, 2.45) is 11.3 Å². The van der Waals surface area contributed by atoms with E-state index in [0.717, 1.165) is 32.8 Å². The Balaban J connectivity index is 1.24. The maximum Gasteiger partial charge on any atom is 0.263 e. The topological polar surface area (TPSA) is 136 Å². The largest absolute Gasteiger partial charge is 0.489 e. The standard InChI is InChI=1S/C45H60ClF3N8O5S/c1-26-19-54(20-27-23-61-24-27)13-14-56(26)33-18-31(36(46)40(49)51-33)50-34(58)22-55-21-30(35-41(55)52-32-11-10-12-57(32)43(35)60)28-17-29(42(59)53-45(5,6)25-44(2,3)4)39(38(48)37(28)47)62-15-16-63(7,8)9/h17-18,21,26-27H,10-16,19-20,22-25H2,1-9H3,(H,53,59)(H,50,51,58). The molecule has 0 spiro atoms. The molecule has 13 nitrogen and oxygen atoms in total. The quantitative estimate of drug-likeness (QED) is 0.127. The molecule has 18 heteroatoms. The number of hydrogen-bond donors (Lipinski definition) is 2. The number of rotatable bonds is 14. The zero-order chi connectivity index (χ0) is 45.8. The molecular weight excluding hydrogens is 857 g/mol. The van der Waals surface area contributed by atoms with Crippen LogP contribution < -0.4 is 25.8 Å². The van der Waals surface area contributed by atoms with Crippen LogP contribution in [0.4, 0.5) is 24.7 Å². The second kappa shape index (κ2) is 17.9. The number of pyridine rings is 1. The fraction of sp³-hybridized carbons (Fsp3) is 0.578. The van der Waals surface area contributed by atoms with Gasteiger partial charge in [0.25, 0.3) is 11.5 Å². The summed E-state index contributed by atoms with van der Waals surface area (Å²) in [5.74, 6) is -3.64. The van der Waals surface area contributed by atoms with Crippen LogP contribution >= 0.6 is 21.6 Å². The summed E-state index contributed by atoms with van der Waals surface area (Å²) in [5, 5.41) is 5.28. The van der Waals surface area contributed by atoms with Crippen molar-refractivity contribution in [2.75, 3.05) is 80.7 Å². The first-order valence-corrected chi connectivity index (χ1v) is 24.9. The molecule has 0 aliphatic carbocycles. The van der Waals surface area contributed by atoms with E-state index in [1.165, 1.54) is 27.5 Å². The van der Waals surface area contributed by atoms with Gasteiger partial charge in [-0.2, -0.15) is 8.78 Å². The van der Waals surface area contributed by atoms with Crippen LogP contribution in [0.1, 0.15) is 70.6 Å². The van der Waals surface area contributed by atoms with E-state index in [1.54, 1.807) is 0 Å². The van der Waals surface area contributed by atoms with Crippen molar-refractivity contribution in [3.63, 3.8) is 0 Å². The first-order valence-electron chi connectivity index (χ1n) is 21.5. The summed E-state index contributed by atoms with van der Waals surface area (Å²) in [7, 11) is -1.09. The highest BCUT2D eigenvalue weighted by atomic mass is 35.5.